The highest BCUT2D eigenvalue weighted by molar-refractivity contribution is 5.40. The van der Waals surface area contributed by atoms with E-state index in [0.29, 0.717) is 6.04 Å². The van der Waals surface area contributed by atoms with Crippen LogP contribution >= 0.6 is 0 Å². The molecule has 2 N–H and O–H groups in total. The number of fused-ring (bicyclic) bond motifs is 1. The molecule has 1 aliphatic carbocycles. The highest BCUT2D eigenvalue weighted by Crippen LogP contribution is 2.33. The van der Waals surface area contributed by atoms with Gasteiger partial charge in [-0.15, -0.1) is 0 Å². The Morgan fingerprint density at radius 3 is 2.81 bits per heavy atom. The maximum Gasteiger partial charge on any atom is 0.00790 e. The quantitative estimate of drug-likeness (QED) is 0.713. The van der Waals surface area contributed by atoms with Gasteiger partial charge < -0.3 is 10.6 Å². The molecule has 0 aromatic heterocycles. The molecule has 0 spiro atoms. The van der Waals surface area contributed by atoms with E-state index in [0.717, 1.165) is 25.6 Å². The van der Waals surface area contributed by atoms with Gasteiger partial charge in [0.1, 0.15) is 0 Å². The van der Waals surface area contributed by atoms with Gasteiger partial charge in [0.15, 0.2) is 0 Å². The highest BCUT2D eigenvalue weighted by Gasteiger charge is 2.24. The molecule has 0 saturated carbocycles. The molecule has 0 amide bonds. The van der Waals surface area contributed by atoms with E-state index in [1.54, 1.807) is 5.56 Å². The van der Waals surface area contributed by atoms with Crippen LogP contribution in [0.3, 0.4) is 0 Å². The van der Waals surface area contributed by atoms with E-state index in [-0.39, 0.29) is 0 Å². The van der Waals surface area contributed by atoms with Gasteiger partial charge in [0.25, 0.3) is 0 Å². The maximum absolute atomic E-state index is 3.52. The molecule has 0 heterocycles. The average Bonchev–Trinajstić information content (AvgIpc) is 2.23. The van der Waals surface area contributed by atoms with Crippen molar-refractivity contribution in [2.24, 2.45) is 0 Å². The zero-order valence-electron chi connectivity index (χ0n) is 10.3. The fourth-order valence-corrected chi connectivity index (χ4v) is 2.27. The summed E-state index contributed by atoms with van der Waals surface area (Å²) in [4.78, 5) is 0. The molecule has 88 valence electrons. The summed E-state index contributed by atoms with van der Waals surface area (Å²) in [5.74, 6) is 0.746. The second-order valence-corrected chi connectivity index (χ2v) is 4.91. The molecule has 2 heteroatoms. The lowest BCUT2D eigenvalue weighted by Gasteiger charge is -2.30. The number of benzene rings is 1. The lowest BCUT2D eigenvalue weighted by Crippen LogP contribution is -2.35. The van der Waals surface area contributed by atoms with Crippen molar-refractivity contribution >= 4 is 0 Å². The number of hydrogen-bond acceptors (Lipinski definition) is 2. The van der Waals surface area contributed by atoms with Gasteiger partial charge >= 0.3 is 0 Å². The van der Waals surface area contributed by atoms with E-state index in [1.807, 2.05) is 0 Å². The van der Waals surface area contributed by atoms with E-state index < -0.39 is 0 Å². The van der Waals surface area contributed by atoms with E-state index in [9.17, 15) is 0 Å². The van der Waals surface area contributed by atoms with Gasteiger partial charge in [-0.2, -0.15) is 0 Å². The van der Waals surface area contributed by atoms with E-state index in [1.165, 1.54) is 12.0 Å². The van der Waals surface area contributed by atoms with E-state index in [4.69, 9.17) is 0 Å². The molecule has 0 radical (unpaired) electrons. The van der Waals surface area contributed by atoms with Gasteiger partial charge in [-0.1, -0.05) is 38.1 Å². The Morgan fingerprint density at radius 1 is 1.25 bits per heavy atom. The van der Waals surface area contributed by atoms with Crippen molar-refractivity contribution in [2.75, 3.05) is 19.6 Å². The summed E-state index contributed by atoms with van der Waals surface area (Å²) in [5.41, 5.74) is 3.08. The monoisotopic (exact) mass is 218 g/mol. The molecule has 1 unspecified atom stereocenters. The van der Waals surface area contributed by atoms with Crippen molar-refractivity contribution in [3.05, 3.63) is 35.4 Å². The Morgan fingerprint density at radius 2 is 2.06 bits per heavy atom. The van der Waals surface area contributed by atoms with Crippen LogP contribution in [0, 0.1) is 0 Å². The Kier molecular flexibility index (Phi) is 3.97. The molecule has 0 saturated heterocycles. The first kappa shape index (κ1) is 11.6. The van der Waals surface area contributed by atoms with Crippen LogP contribution in [0.1, 0.15) is 30.9 Å². The van der Waals surface area contributed by atoms with Crippen LogP contribution in [-0.4, -0.2) is 25.7 Å². The van der Waals surface area contributed by atoms with E-state index >= 15 is 0 Å². The van der Waals surface area contributed by atoms with Crippen molar-refractivity contribution in [3.63, 3.8) is 0 Å². The van der Waals surface area contributed by atoms with Gasteiger partial charge in [-0.05, 0) is 17.5 Å². The molecule has 1 aromatic rings. The molecular weight excluding hydrogens is 196 g/mol. The minimum Gasteiger partial charge on any atom is -0.315 e. The van der Waals surface area contributed by atoms with Crippen LogP contribution in [0.2, 0.25) is 0 Å². The van der Waals surface area contributed by atoms with Crippen molar-refractivity contribution in [1.82, 2.24) is 10.6 Å². The summed E-state index contributed by atoms with van der Waals surface area (Å²) < 4.78 is 0. The van der Waals surface area contributed by atoms with Gasteiger partial charge in [-0.25, -0.2) is 0 Å². The molecule has 2 nitrogen and oxygen atoms in total. The molecule has 0 fully saturated rings. The smallest absolute Gasteiger partial charge is 0.00790 e. The van der Waals surface area contributed by atoms with Crippen LogP contribution in [0.4, 0.5) is 0 Å². The summed E-state index contributed by atoms with van der Waals surface area (Å²) in [5, 5.41) is 6.93. The van der Waals surface area contributed by atoms with Crippen LogP contribution in [-0.2, 0) is 6.42 Å². The average molecular weight is 218 g/mol. The molecular formula is C14H22N2. The Balaban J connectivity index is 1.63. The minimum absolute atomic E-state index is 0.589. The third-order valence-corrected chi connectivity index (χ3v) is 3.21. The third kappa shape index (κ3) is 2.83. The largest absolute Gasteiger partial charge is 0.315 e. The summed E-state index contributed by atoms with van der Waals surface area (Å²) in [6.07, 6.45) is 1.25. The number of nitrogens with one attached hydrogen (secondary N) is 2. The SMILES string of the molecule is CC(C)NCCNCC1Cc2ccccc21. The molecule has 2 rings (SSSR count). The van der Waals surface area contributed by atoms with Crippen molar-refractivity contribution < 1.29 is 0 Å². The summed E-state index contributed by atoms with van der Waals surface area (Å²) in [6.45, 7) is 7.62. The second-order valence-electron chi connectivity index (χ2n) is 4.91. The first-order chi connectivity index (χ1) is 7.77. The van der Waals surface area contributed by atoms with Gasteiger partial charge in [0, 0.05) is 31.6 Å². The van der Waals surface area contributed by atoms with Gasteiger partial charge in [-0.3, -0.25) is 0 Å². The second kappa shape index (κ2) is 5.46. The zero-order chi connectivity index (χ0) is 11.4. The first-order valence-electron chi connectivity index (χ1n) is 6.29. The standard InChI is InChI=1S/C14H22N2/c1-11(2)16-8-7-15-10-13-9-12-5-3-4-6-14(12)13/h3-6,11,13,15-16H,7-10H2,1-2H3. The summed E-state index contributed by atoms with van der Waals surface area (Å²) in [7, 11) is 0. The summed E-state index contributed by atoms with van der Waals surface area (Å²) in [6, 6.07) is 9.37. The predicted octanol–water partition coefficient (Wildman–Crippen LogP) is 1.91. The zero-order valence-corrected chi connectivity index (χ0v) is 10.3. The van der Waals surface area contributed by atoms with Crippen molar-refractivity contribution in [2.45, 2.75) is 32.2 Å². The lowest BCUT2D eigenvalue weighted by atomic mass is 9.78. The van der Waals surface area contributed by atoms with Crippen LogP contribution in [0.25, 0.3) is 0 Å². The predicted molar refractivity (Wildman–Crippen MR) is 68.9 cm³/mol. The number of rotatable bonds is 6. The van der Waals surface area contributed by atoms with Crippen LogP contribution in [0.15, 0.2) is 24.3 Å². The topological polar surface area (TPSA) is 24.1 Å². The van der Waals surface area contributed by atoms with Crippen LogP contribution < -0.4 is 10.6 Å². The lowest BCUT2D eigenvalue weighted by molar-refractivity contribution is 0.508. The third-order valence-electron chi connectivity index (χ3n) is 3.21. The van der Waals surface area contributed by atoms with Crippen LogP contribution in [0.5, 0.6) is 0 Å². The van der Waals surface area contributed by atoms with Crippen molar-refractivity contribution in [3.8, 4) is 0 Å². The van der Waals surface area contributed by atoms with E-state index in [2.05, 4.69) is 48.7 Å². The fourth-order valence-electron chi connectivity index (χ4n) is 2.27. The molecule has 0 aliphatic heterocycles. The fraction of sp³-hybridized carbons (Fsp3) is 0.571. The van der Waals surface area contributed by atoms with Gasteiger partial charge in [0.2, 0.25) is 0 Å². The highest BCUT2D eigenvalue weighted by atomic mass is 15.0. The molecule has 1 atom stereocenters. The Bertz CT molecular complexity index is 333. The first-order valence-corrected chi connectivity index (χ1v) is 6.29. The van der Waals surface area contributed by atoms with Crippen molar-refractivity contribution in [1.29, 1.82) is 0 Å². The summed E-state index contributed by atoms with van der Waals surface area (Å²) >= 11 is 0. The maximum atomic E-state index is 3.52. The Hall–Kier alpha value is -0.860. The molecule has 0 bridgehead atoms. The van der Waals surface area contributed by atoms with Gasteiger partial charge in [0.05, 0.1) is 0 Å². The molecule has 1 aromatic carbocycles. The Labute approximate surface area is 98.4 Å². The molecule has 1 aliphatic rings. The minimum atomic E-state index is 0.589. The normalized spacial score (nSPS) is 18.3. The molecule has 16 heavy (non-hydrogen) atoms. The number of hydrogen-bond donors (Lipinski definition) is 2.